The van der Waals surface area contributed by atoms with Gasteiger partial charge in [0.2, 0.25) is 5.91 Å². The predicted octanol–water partition coefficient (Wildman–Crippen LogP) is 2.72. The number of methoxy groups -OCH3 is 1. The fourth-order valence-electron chi connectivity index (χ4n) is 3.15. The highest BCUT2D eigenvalue weighted by Gasteiger charge is 2.65. The summed E-state index contributed by atoms with van der Waals surface area (Å²) in [6, 6.07) is 14.6. The molecule has 1 aliphatic carbocycles. The van der Waals surface area contributed by atoms with Gasteiger partial charge < -0.3 is 9.47 Å². The molecule has 2 aromatic carbocycles. The molecule has 0 saturated heterocycles. The first-order chi connectivity index (χ1) is 12.0. The van der Waals surface area contributed by atoms with Crippen molar-refractivity contribution in [1.29, 1.82) is 0 Å². The fourth-order valence-corrected chi connectivity index (χ4v) is 3.15. The molecule has 0 aromatic heterocycles. The zero-order valence-corrected chi connectivity index (χ0v) is 14.0. The number of ether oxygens (including phenoxy) is 2. The van der Waals surface area contributed by atoms with Crippen molar-refractivity contribution in [1.82, 2.24) is 5.48 Å². The molecule has 1 aliphatic rings. The van der Waals surface area contributed by atoms with Crippen molar-refractivity contribution in [3.63, 3.8) is 0 Å². The van der Waals surface area contributed by atoms with Crippen LogP contribution >= 0.6 is 0 Å². The van der Waals surface area contributed by atoms with Gasteiger partial charge in [-0.25, -0.2) is 5.48 Å². The van der Waals surface area contributed by atoms with E-state index in [4.69, 9.17) is 14.7 Å². The molecule has 1 fully saturated rings. The average molecular weight is 341 g/mol. The Balaban J connectivity index is 1.91. The molecule has 2 atom stereocenters. The maximum absolute atomic E-state index is 12.3. The number of amides is 1. The number of aryl methyl sites for hydroxylation is 1. The zero-order chi connectivity index (χ0) is 18.0. The number of nitrogens with one attached hydrogen (secondary N) is 1. The molecule has 6 nitrogen and oxygen atoms in total. The molecule has 6 heteroatoms. The van der Waals surface area contributed by atoms with Crippen LogP contribution in [-0.4, -0.2) is 24.2 Å². The van der Waals surface area contributed by atoms with Crippen molar-refractivity contribution < 1.29 is 24.3 Å². The number of carbonyl (C=O) groups is 2. The average Bonchev–Trinajstić information content (AvgIpc) is 3.37. The molecule has 1 saturated carbocycles. The molecule has 1 amide bonds. The van der Waals surface area contributed by atoms with E-state index in [2.05, 4.69) is 0 Å². The summed E-state index contributed by atoms with van der Waals surface area (Å²) in [5.74, 6) is -0.533. The lowest BCUT2D eigenvalue weighted by Gasteiger charge is -2.16. The van der Waals surface area contributed by atoms with Crippen LogP contribution < -0.4 is 10.2 Å². The Morgan fingerprint density at radius 3 is 2.48 bits per heavy atom. The molecule has 0 spiro atoms. The van der Waals surface area contributed by atoms with E-state index in [1.165, 1.54) is 7.11 Å². The van der Waals surface area contributed by atoms with Gasteiger partial charge in [0.05, 0.1) is 13.0 Å². The minimum Gasteiger partial charge on any atom is -0.468 e. The van der Waals surface area contributed by atoms with Crippen molar-refractivity contribution in [2.45, 2.75) is 18.8 Å². The molecule has 2 aromatic rings. The molecule has 2 N–H and O–H groups in total. The second-order valence-electron chi connectivity index (χ2n) is 6.14. The van der Waals surface area contributed by atoms with Gasteiger partial charge in [-0.2, -0.15) is 0 Å². The number of hydroxylamine groups is 1. The third-order valence-corrected chi connectivity index (χ3v) is 4.51. The normalized spacial score (nSPS) is 21.3. The number of hydrogen-bond acceptors (Lipinski definition) is 5. The summed E-state index contributed by atoms with van der Waals surface area (Å²) in [6.07, 6.45) is 0.278. The highest BCUT2D eigenvalue weighted by atomic mass is 16.5. The number of carbonyl (C=O) groups excluding carboxylic acids is 2. The van der Waals surface area contributed by atoms with E-state index >= 15 is 0 Å². The lowest BCUT2D eigenvalue weighted by molar-refractivity contribution is -0.146. The van der Waals surface area contributed by atoms with Crippen LogP contribution in [0.2, 0.25) is 0 Å². The standard InChI is InChI=1S/C19H19NO5/c1-12-5-3-7-14(9-12)25-15-8-4-6-13(10-15)19(18(22)24-2)11-16(19)17(21)20-23/h3-10,16,23H,11H2,1-2H3,(H,20,21)/t16-,19-/m0/s1. The van der Waals surface area contributed by atoms with E-state index in [1.807, 2.05) is 31.2 Å². The largest absolute Gasteiger partial charge is 0.468 e. The summed E-state index contributed by atoms with van der Waals surface area (Å²) in [5, 5.41) is 8.88. The highest BCUT2D eigenvalue weighted by Crippen LogP contribution is 2.55. The van der Waals surface area contributed by atoms with Gasteiger partial charge in [0.1, 0.15) is 16.9 Å². The van der Waals surface area contributed by atoms with Crippen molar-refractivity contribution in [2.75, 3.05) is 7.11 Å². The molecular formula is C19H19NO5. The van der Waals surface area contributed by atoms with Gasteiger partial charge >= 0.3 is 5.97 Å². The Bertz CT molecular complexity index is 819. The van der Waals surface area contributed by atoms with Crippen LogP contribution in [0, 0.1) is 12.8 Å². The Kier molecular flexibility index (Phi) is 4.46. The zero-order valence-electron chi connectivity index (χ0n) is 14.0. The van der Waals surface area contributed by atoms with Gasteiger partial charge in [0.15, 0.2) is 0 Å². The van der Waals surface area contributed by atoms with Crippen LogP contribution in [0.25, 0.3) is 0 Å². The molecule has 0 aliphatic heterocycles. The molecule has 3 rings (SSSR count). The van der Waals surface area contributed by atoms with E-state index < -0.39 is 23.2 Å². The lowest BCUT2D eigenvalue weighted by atomic mass is 9.92. The Labute approximate surface area is 145 Å². The SMILES string of the molecule is COC(=O)[C@]1(c2cccc(Oc3cccc(C)c3)c2)C[C@H]1C(=O)NO. The van der Waals surface area contributed by atoms with E-state index in [0.29, 0.717) is 17.1 Å². The summed E-state index contributed by atoms with van der Waals surface area (Å²) in [5.41, 5.74) is 2.22. The molecular weight excluding hydrogens is 322 g/mol. The number of esters is 1. The first-order valence-electron chi connectivity index (χ1n) is 7.88. The molecule has 0 radical (unpaired) electrons. The second-order valence-corrected chi connectivity index (χ2v) is 6.14. The minimum atomic E-state index is -1.09. The Morgan fingerprint density at radius 2 is 1.84 bits per heavy atom. The molecule has 130 valence electrons. The minimum absolute atomic E-state index is 0.278. The van der Waals surface area contributed by atoms with E-state index in [0.717, 1.165) is 5.56 Å². The van der Waals surface area contributed by atoms with Gasteiger partial charge in [0.25, 0.3) is 0 Å². The molecule has 0 unspecified atom stereocenters. The quantitative estimate of drug-likeness (QED) is 0.496. The summed E-state index contributed by atoms with van der Waals surface area (Å²) >= 11 is 0. The second kappa shape index (κ2) is 6.57. The molecule has 25 heavy (non-hydrogen) atoms. The Morgan fingerprint density at radius 1 is 1.16 bits per heavy atom. The maximum atomic E-state index is 12.3. The topological polar surface area (TPSA) is 84.9 Å². The van der Waals surface area contributed by atoms with Crippen molar-refractivity contribution in [2.24, 2.45) is 5.92 Å². The van der Waals surface area contributed by atoms with Crippen LogP contribution in [0.1, 0.15) is 17.5 Å². The van der Waals surface area contributed by atoms with Crippen LogP contribution in [0.15, 0.2) is 48.5 Å². The number of hydrogen-bond donors (Lipinski definition) is 2. The van der Waals surface area contributed by atoms with Crippen molar-refractivity contribution >= 4 is 11.9 Å². The van der Waals surface area contributed by atoms with E-state index in [-0.39, 0.29) is 6.42 Å². The maximum Gasteiger partial charge on any atom is 0.317 e. The van der Waals surface area contributed by atoms with Crippen LogP contribution in [0.3, 0.4) is 0 Å². The number of benzene rings is 2. The predicted molar refractivity (Wildman–Crippen MR) is 89.4 cm³/mol. The first kappa shape index (κ1) is 17.0. The van der Waals surface area contributed by atoms with Crippen LogP contribution in [0.4, 0.5) is 0 Å². The smallest absolute Gasteiger partial charge is 0.317 e. The summed E-state index contributed by atoms with van der Waals surface area (Å²) in [7, 11) is 1.28. The monoisotopic (exact) mass is 341 g/mol. The Hall–Kier alpha value is -2.86. The van der Waals surface area contributed by atoms with E-state index in [9.17, 15) is 9.59 Å². The summed E-state index contributed by atoms with van der Waals surface area (Å²) in [4.78, 5) is 24.1. The van der Waals surface area contributed by atoms with Crippen LogP contribution in [0.5, 0.6) is 11.5 Å². The third kappa shape index (κ3) is 3.08. The van der Waals surface area contributed by atoms with Gasteiger partial charge in [-0.15, -0.1) is 0 Å². The molecule has 0 bridgehead atoms. The molecule has 0 heterocycles. The van der Waals surface area contributed by atoms with Gasteiger partial charge in [-0.05, 0) is 48.7 Å². The van der Waals surface area contributed by atoms with Crippen LogP contribution in [-0.2, 0) is 19.7 Å². The van der Waals surface area contributed by atoms with Gasteiger partial charge in [-0.1, -0.05) is 24.3 Å². The number of rotatable bonds is 5. The van der Waals surface area contributed by atoms with E-state index in [1.54, 1.807) is 29.7 Å². The third-order valence-electron chi connectivity index (χ3n) is 4.51. The van der Waals surface area contributed by atoms with Crippen molar-refractivity contribution in [3.05, 3.63) is 59.7 Å². The van der Waals surface area contributed by atoms with Crippen molar-refractivity contribution in [3.8, 4) is 11.5 Å². The van der Waals surface area contributed by atoms with Gasteiger partial charge in [-0.3, -0.25) is 14.8 Å². The summed E-state index contributed by atoms with van der Waals surface area (Å²) in [6.45, 7) is 1.97. The fraction of sp³-hybridized carbons (Fsp3) is 0.263. The first-order valence-corrected chi connectivity index (χ1v) is 7.88. The highest BCUT2D eigenvalue weighted by molar-refractivity contribution is 5.97. The summed E-state index contributed by atoms with van der Waals surface area (Å²) < 4.78 is 10.7. The lowest BCUT2D eigenvalue weighted by Crippen LogP contribution is -2.31. The van der Waals surface area contributed by atoms with Gasteiger partial charge in [0, 0.05) is 0 Å².